The summed E-state index contributed by atoms with van der Waals surface area (Å²) < 4.78 is 1.58. The van der Waals surface area contributed by atoms with Crippen LogP contribution in [0, 0.1) is 5.92 Å². The number of rotatable bonds is 3. The lowest BCUT2D eigenvalue weighted by Crippen LogP contribution is -2.22. The molecular formula is C11H16N4O2. The molecule has 6 nitrogen and oxygen atoms in total. The molecule has 0 saturated heterocycles. The van der Waals surface area contributed by atoms with Gasteiger partial charge in [-0.2, -0.15) is 4.98 Å². The quantitative estimate of drug-likeness (QED) is 0.834. The molecule has 2 aromatic rings. The van der Waals surface area contributed by atoms with Crippen LogP contribution in [0.4, 0.5) is 0 Å². The molecule has 0 fully saturated rings. The normalized spacial score (nSPS) is 13.4. The Balaban J connectivity index is 2.59. The molecule has 0 aromatic carbocycles. The summed E-state index contributed by atoms with van der Waals surface area (Å²) in [5, 5.41) is 0. The Labute approximate surface area is 97.7 Å². The minimum Gasteiger partial charge on any atom is -0.303 e. The number of hydrogen-bond donors (Lipinski definition) is 2. The lowest BCUT2D eigenvalue weighted by atomic mass is 10.1. The third-order valence-electron chi connectivity index (χ3n) is 2.75. The molecule has 1 atom stereocenters. The lowest BCUT2D eigenvalue weighted by Gasteiger charge is -2.15. The van der Waals surface area contributed by atoms with Crippen LogP contribution in [0.2, 0.25) is 0 Å². The molecule has 0 aliphatic rings. The average Bonchev–Trinajstić information content (AvgIpc) is 2.52. The van der Waals surface area contributed by atoms with Gasteiger partial charge in [-0.05, 0) is 19.3 Å². The second kappa shape index (κ2) is 4.20. The van der Waals surface area contributed by atoms with Crippen molar-refractivity contribution in [1.82, 2.24) is 19.5 Å². The van der Waals surface area contributed by atoms with Gasteiger partial charge in [-0.1, -0.05) is 13.8 Å². The van der Waals surface area contributed by atoms with Gasteiger partial charge in [0.15, 0.2) is 0 Å². The van der Waals surface area contributed by atoms with Crippen molar-refractivity contribution in [2.45, 2.75) is 33.2 Å². The molecule has 0 spiro atoms. The van der Waals surface area contributed by atoms with E-state index in [1.807, 2.05) is 6.92 Å². The van der Waals surface area contributed by atoms with Gasteiger partial charge in [-0.15, -0.1) is 0 Å². The molecule has 17 heavy (non-hydrogen) atoms. The third-order valence-corrected chi connectivity index (χ3v) is 2.75. The second-order valence-corrected chi connectivity index (χ2v) is 4.73. The Hall–Kier alpha value is -1.85. The molecule has 0 bridgehead atoms. The zero-order chi connectivity index (χ0) is 12.6. The molecule has 0 amide bonds. The molecule has 1 unspecified atom stereocenters. The first-order valence-electron chi connectivity index (χ1n) is 5.68. The molecule has 0 saturated carbocycles. The number of imidazole rings is 1. The van der Waals surface area contributed by atoms with Gasteiger partial charge in [0.05, 0.1) is 6.20 Å². The van der Waals surface area contributed by atoms with Crippen molar-refractivity contribution >= 4 is 11.2 Å². The summed E-state index contributed by atoms with van der Waals surface area (Å²) in [5.41, 5.74) is 0.423. The molecule has 0 aliphatic carbocycles. The largest absolute Gasteiger partial charge is 0.346 e. The van der Waals surface area contributed by atoms with Gasteiger partial charge in [0.2, 0.25) is 0 Å². The monoisotopic (exact) mass is 236 g/mol. The Kier molecular flexibility index (Phi) is 2.87. The standard InChI is InChI=1S/C11H16N4O2/c1-6(2)4-7(3)15-9-8(13-11(15)17)5-12-10(16)14-9/h5-7H,4H2,1-3H3,(H,13,17)(H,12,14,16). The number of H-pyrrole nitrogens is 2. The highest BCUT2D eigenvalue weighted by Gasteiger charge is 2.15. The second-order valence-electron chi connectivity index (χ2n) is 4.73. The van der Waals surface area contributed by atoms with E-state index in [1.165, 1.54) is 6.20 Å². The van der Waals surface area contributed by atoms with E-state index in [0.29, 0.717) is 17.1 Å². The molecule has 2 N–H and O–H groups in total. The first-order valence-corrected chi connectivity index (χ1v) is 5.68. The fourth-order valence-electron chi connectivity index (χ4n) is 2.15. The maximum Gasteiger partial charge on any atom is 0.346 e. The Morgan fingerprint density at radius 3 is 2.65 bits per heavy atom. The first-order chi connectivity index (χ1) is 7.99. The summed E-state index contributed by atoms with van der Waals surface area (Å²) in [6, 6.07) is 0.0364. The maximum atomic E-state index is 11.8. The van der Waals surface area contributed by atoms with Crippen molar-refractivity contribution in [3.63, 3.8) is 0 Å². The summed E-state index contributed by atoms with van der Waals surface area (Å²) in [4.78, 5) is 31.9. The van der Waals surface area contributed by atoms with E-state index >= 15 is 0 Å². The lowest BCUT2D eigenvalue weighted by molar-refractivity contribution is 0.426. The number of aromatic nitrogens is 4. The van der Waals surface area contributed by atoms with Gasteiger partial charge in [0.1, 0.15) is 11.2 Å². The number of nitrogens with zero attached hydrogens (tertiary/aromatic N) is 2. The summed E-state index contributed by atoms with van der Waals surface area (Å²) in [5.74, 6) is 0.482. The zero-order valence-corrected chi connectivity index (χ0v) is 10.2. The van der Waals surface area contributed by atoms with Crippen molar-refractivity contribution in [3.8, 4) is 0 Å². The van der Waals surface area contributed by atoms with Crippen LogP contribution in [0.25, 0.3) is 11.2 Å². The highest BCUT2D eigenvalue weighted by atomic mass is 16.2. The highest BCUT2D eigenvalue weighted by molar-refractivity contribution is 5.68. The number of hydrogen-bond acceptors (Lipinski definition) is 3. The molecule has 0 aliphatic heterocycles. The molecule has 2 heterocycles. The highest BCUT2D eigenvalue weighted by Crippen LogP contribution is 2.17. The number of fused-ring (bicyclic) bond motifs is 1. The van der Waals surface area contributed by atoms with Crippen LogP contribution in [0.15, 0.2) is 15.8 Å². The summed E-state index contributed by atoms with van der Waals surface area (Å²) >= 11 is 0. The van der Waals surface area contributed by atoms with E-state index in [-0.39, 0.29) is 11.7 Å². The summed E-state index contributed by atoms with van der Waals surface area (Å²) in [7, 11) is 0. The SMILES string of the molecule is CC(C)CC(C)n1c(=O)[nH]c2cnc(=O)[nH]c21. The van der Waals surface area contributed by atoms with Crippen molar-refractivity contribution in [2.75, 3.05) is 0 Å². The molecule has 2 aromatic heterocycles. The Morgan fingerprint density at radius 1 is 1.29 bits per heavy atom. The molecule has 92 valence electrons. The molecule has 0 radical (unpaired) electrons. The van der Waals surface area contributed by atoms with Crippen molar-refractivity contribution in [2.24, 2.45) is 5.92 Å². The predicted molar refractivity (Wildman–Crippen MR) is 65.1 cm³/mol. The van der Waals surface area contributed by atoms with Crippen LogP contribution >= 0.6 is 0 Å². The Bertz CT molecular complexity index is 635. The zero-order valence-electron chi connectivity index (χ0n) is 10.2. The predicted octanol–water partition coefficient (Wildman–Crippen LogP) is 1.02. The van der Waals surface area contributed by atoms with Crippen molar-refractivity contribution in [3.05, 3.63) is 27.2 Å². The van der Waals surface area contributed by atoms with E-state index in [9.17, 15) is 9.59 Å². The minimum absolute atomic E-state index is 0.0364. The maximum absolute atomic E-state index is 11.8. The molecular weight excluding hydrogens is 220 g/mol. The van der Waals surface area contributed by atoms with Crippen LogP contribution in [-0.4, -0.2) is 19.5 Å². The fourth-order valence-corrected chi connectivity index (χ4v) is 2.15. The third kappa shape index (κ3) is 2.15. The van der Waals surface area contributed by atoms with Gasteiger partial charge in [-0.3, -0.25) is 9.55 Å². The fraction of sp³-hybridized carbons (Fsp3) is 0.545. The molecule has 6 heteroatoms. The smallest absolute Gasteiger partial charge is 0.303 e. The minimum atomic E-state index is -0.443. The van der Waals surface area contributed by atoms with Crippen LogP contribution in [0.1, 0.15) is 33.2 Å². The van der Waals surface area contributed by atoms with Crippen LogP contribution < -0.4 is 11.4 Å². The first kappa shape index (κ1) is 11.6. The van der Waals surface area contributed by atoms with E-state index in [2.05, 4.69) is 28.8 Å². The van der Waals surface area contributed by atoms with Gasteiger partial charge < -0.3 is 4.98 Å². The van der Waals surface area contributed by atoms with Crippen molar-refractivity contribution < 1.29 is 0 Å². The average molecular weight is 236 g/mol. The summed E-state index contributed by atoms with van der Waals surface area (Å²) in [6.45, 7) is 6.16. The summed E-state index contributed by atoms with van der Waals surface area (Å²) in [6.07, 6.45) is 2.26. The number of nitrogens with one attached hydrogen (secondary N) is 2. The van der Waals surface area contributed by atoms with Crippen molar-refractivity contribution in [1.29, 1.82) is 0 Å². The van der Waals surface area contributed by atoms with Crippen LogP contribution in [0.5, 0.6) is 0 Å². The topological polar surface area (TPSA) is 83.5 Å². The van der Waals surface area contributed by atoms with E-state index < -0.39 is 5.69 Å². The van der Waals surface area contributed by atoms with Gasteiger partial charge in [-0.25, -0.2) is 9.59 Å². The van der Waals surface area contributed by atoms with Crippen LogP contribution in [0.3, 0.4) is 0 Å². The Morgan fingerprint density at radius 2 is 2.00 bits per heavy atom. The van der Waals surface area contributed by atoms with E-state index in [1.54, 1.807) is 4.57 Å². The van der Waals surface area contributed by atoms with Gasteiger partial charge in [0.25, 0.3) is 0 Å². The van der Waals surface area contributed by atoms with E-state index in [4.69, 9.17) is 0 Å². The van der Waals surface area contributed by atoms with Crippen LogP contribution in [-0.2, 0) is 0 Å². The van der Waals surface area contributed by atoms with E-state index in [0.717, 1.165) is 6.42 Å². The molecule has 2 rings (SSSR count). The number of aromatic amines is 2. The van der Waals surface area contributed by atoms with Gasteiger partial charge >= 0.3 is 11.4 Å². The van der Waals surface area contributed by atoms with Gasteiger partial charge in [0, 0.05) is 6.04 Å².